The minimum absolute atomic E-state index is 0.211. The molecule has 0 saturated carbocycles. The fraction of sp³-hybridized carbons (Fsp3) is 0. The summed E-state index contributed by atoms with van der Waals surface area (Å²) >= 11 is 5.77. The molecule has 0 unspecified atom stereocenters. The molecule has 0 aliphatic rings. The molecule has 72 valence electrons. The van der Waals surface area contributed by atoms with Crippen LogP contribution in [0.3, 0.4) is 0 Å². The summed E-state index contributed by atoms with van der Waals surface area (Å²) in [4.78, 5) is 11.6. The molecule has 5 nitrogen and oxygen atoms in total. The van der Waals surface area contributed by atoms with Gasteiger partial charge in [-0.3, -0.25) is 10.1 Å². The smallest absolute Gasteiger partial charge is 0.259 e. The van der Waals surface area contributed by atoms with Gasteiger partial charge in [-0.2, -0.15) is 0 Å². The summed E-state index contributed by atoms with van der Waals surface area (Å²) in [5.74, 6) is -0.211. The van der Waals surface area contributed by atoms with Gasteiger partial charge in [0.2, 0.25) is 5.13 Å². The van der Waals surface area contributed by atoms with Gasteiger partial charge in [0, 0.05) is 11.5 Å². The maximum absolute atomic E-state index is 11.6. The second-order valence-corrected chi connectivity index (χ2v) is 5.20. The molecule has 8 heteroatoms. The van der Waals surface area contributed by atoms with Gasteiger partial charge in [-0.15, -0.1) is 11.3 Å². The van der Waals surface area contributed by atoms with Crippen LogP contribution in [0.25, 0.3) is 0 Å². The molecule has 0 atom stereocenters. The molecule has 2 heterocycles. The van der Waals surface area contributed by atoms with E-state index in [4.69, 9.17) is 0 Å². The van der Waals surface area contributed by atoms with Crippen molar-refractivity contribution in [2.24, 2.45) is 0 Å². The Labute approximate surface area is 95.5 Å². The van der Waals surface area contributed by atoms with E-state index in [9.17, 15) is 4.79 Å². The second kappa shape index (κ2) is 4.11. The number of carbonyl (C=O) groups excluding carboxylic acids is 1. The zero-order chi connectivity index (χ0) is 9.97. The summed E-state index contributed by atoms with van der Waals surface area (Å²) in [6, 6.07) is 1.73. The van der Waals surface area contributed by atoms with E-state index in [1.807, 2.05) is 5.38 Å². The van der Waals surface area contributed by atoms with Crippen LogP contribution >= 0.6 is 38.8 Å². The Morgan fingerprint density at radius 3 is 3.00 bits per heavy atom. The van der Waals surface area contributed by atoms with Gasteiger partial charge in [-0.1, -0.05) is 9.59 Å². The van der Waals surface area contributed by atoms with Gasteiger partial charge in [0.1, 0.15) is 0 Å². The van der Waals surface area contributed by atoms with Gasteiger partial charge < -0.3 is 0 Å². The van der Waals surface area contributed by atoms with E-state index in [1.165, 1.54) is 11.3 Å². The second-order valence-electron chi connectivity index (χ2n) is 2.23. The monoisotopic (exact) mass is 290 g/mol. The molecule has 0 radical (unpaired) electrons. The lowest BCUT2D eigenvalue weighted by molar-refractivity contribution is 0.102. The fourth-order valence-corrected chi connectivity index (χ4v) is 2.41. The van der Waals surface area contributed by atoms with Crippen LogP contribution in [-0.4, -0.2) is 20.7 Å². The van der Waals surface area contributed by atoms with Gasteiger partial charge in [0.05, 0.1) is 9.35 Å². The number of amides is 1. The lowest BCUT2D eigenvalue weighted by Crippen LogP contribution is -2.11. The molecule has 0 aliphatic carbocycles. The number of aromatic nitrogens is 3. The summed E-state index contributed by atoms with van der Waals surface area (Å²) in [5.41, 5.74) is 0.588. The van der Waals surface area contributed by atoms with Crippen LogP contribution in [-0.2, 0) is 0 Å². The Hall–Kier alpha value is -0.860. The van der Waals surface area contributed by atoms with E-state index in [2.05, 4.69) is 36.0 Å². The Balaban J connectivity index is 2.14. The van der Waals surface area contributed by atoms with Crippen molar-refractivity contribution in [1.29, 1.82) is 0 Å². The van der Waals surface area contributed by atoms with Crippen LogP contribution in [0.5, 0.6) is 0 Å². The predicted octanol–water partition coefficient (Wildman–Crippen LogP) is 2.01. The molecule has 1 amide bonds. The van der Waals surface area contributed by atoms with Gasteiger partial charge in [-0.25, -0.2) is 0 Å². The Morgan fingerprint density at radius 2 is 2.43 bits per heavy atom. The molecule has 1 N–H and O–H groups in total. The highest BCUT2D eigenvalue weighted by Gasteiger charge is 2.12. The minimum Gasteiger partial charge on any atom is -0.295 e. The Morgan fingerprint density at radius 1 is 1.57 bits per heavy atom. The van der Waals surface area contributed by atoms with E-state index >= 15 is 0 Å². The average molecular weight is 291 g/mol. The molecule has 0 saturated heterocycles. The first-order chi connectivity index (χ1) is 6.77. The lowest BCUT2D eigenvalue weighted by atomic mass is 10.3. The van der Waals surface area contributed by atoms with Crippen LogP contribution in [0.1, 0.15) is 10.4 Å². The SMILES string of the molecule is O=C(Nc1nnns1)c1ccsc1Br. The first kappa shape index (κ1) is 9.69. The van der Waals surface area contributed by atoms with Gasteiger partial charge >= 0.3 is 0 Å². The van der Waals surface area contributed by atoms with Crippen molar-refractivity contribution in [3.05, 3.63) is 20.8 Å². The predicted molar refractivity (Wildman–Crippen MR) is 57.7 cm³/mol. The third-order valence-electron chi connectivity index (χ3n) is 1.38. The van der Waals surface area contributed by atoms with Crippen LogP contribution in [0.15, 0.2) is 15.2 Å². The lowest BCUT2D eigenvalue weighted by Gasteiger charge is -1.97. The maximum Gasteiger partial charge on any atom is 0.259 e. The maximum atomic E-state index is 11.6. The number of hydrogen-bond acceptors (Lipinski definition) is 6. The summed E-state index contributed by atoms with van der Waals surface area (Å²) < 4.78 is 4.33. The zero-order valence-corrected chi connectivity index (χ0v) is 9.82. The first-order valence-corrected chi connectivity index (χ1v) is 5.91. The molecular weight excluding hydrogens is 288 g/mol. The molecule has 14 heavy (non-hydrogen) atoms. The summed E-state index contributed by atoms with van der Waals surface area (Å²) in [5, 5.41) is 11.8. The molecule has 2 rings (SSSR count). The highest BCUT2D eigenvalue weighted by atomic mass is 79.9. The fourth-order valence-electron chi connectivity index (χ4n) is 0.802. The van der Waals surface area contributed by atoms with Crippen molar-refractivity contribution in [2.45, 2.75) is 0 Å². The number of anilines is 1. The van der Waals surface area contributed by atoms with Crippen molar-refractivity contribution < 1.29 is 4.79 Å². The number of nitrogens with zero attached hydrogens (tertiary/aromatic N) is 3. The Bertz CT molecular complexity index is 440. The molecule has 2 aromatic rings. The molecule has 0 spiro atoms. The summed E-state index contributed by atoms with van der Waals surface area (Å²) in [6.45, 7) is 0. The van der Waals surface area contributed by atoms with Crippen molar-refractivity contribution in [3.8, 4) is 0 Å². The van der Waals surface area contributed by atoms with E-state index in [1.54, 1.807) is 6.07 Å². The highest BCUT2D eigenvalue weighted by molar-refractivity contribution is 9.11. The third kappa shape index (κ3) is 1.97. The highest BCUT2D eigenvalue weighted by Crippen LogP contribution is 2.24. The van der Waals surface area contributed by atoms with Gasteiger partial charge in [0.15, 0.2) is 0 Å². The van der Waals surface area contributed by atoms with Crippen molar-refractivity contribution in [1.82, 2.24) is 14.8 Å². The van der Waals surface area contributed by atoms with Crippen LogP contribution < -0.4 is 5.32 Å². The van der Waals surface area contributed by atoms with Crippen molar-refractivity contribution >= 4 is 49.8 Å². The number of halogens is 1. The van der Waals surface area contributed by atoms with E-state index in [0.29, 0.717) is 10.7 Å². The standard InChI is InChI=1S/C6H3BrN4OS2/c7-4-3(1-2-13-4)5(12)8-6-9-10-11-14-6/h1-2H,(H,8,9,11,12). The van der Waals surface area contributed by atoms with E-state index in [-0.39, 0.29) is 5.91 Å². The number of hydrogen-bond donors (Lipinski definition) is 1. The summed E-state index contributed by atoms with van der Waals surface area (Å²) in [7, 11) is 0. The molecule has 0 bridgehead atoms. The molecule has 0 aromatic carbocycles. The molecule has 0 fully saturated rings. The average Bonchev–Trinajstić information content (AvgIpc) is 2.75. The number of rotatable bonds is 2. The molecular formula is C6H3BrN4OS2. The van der Waals surface area contributed by atoms with Crippen molar-refractivity contribution in [3.63, 3.8) is 0 Å². The van der Waals surface area contributed by atoms with Crippen molar-refractivity contribution in [2.75, 3.05) is 5.32 Å². The van der Waals surface area contributed by atoms with Gasteiger partial charge in [0.25, 0.3) is 5.91 Å². The third-order valence-corrected chi connectivity index (χ3v) is 3.58. The normalized spacial score (nSPS) is 10.1. The molecule has 2 aromatic heterocycles. The Kier molecular flexibility index (Phi) is 2.85. The van der Waals surface area contributed by atoms with Crippen LogP contribution in [0.2, 0.25) is 0 Å². The quantitative estimate of drug-likeness (QED) is 0.919. The first-order valence-electron chi connectivity index (χ1n) is 3.47. The van der Waals surface area contributed by atoms with E-state index in [0.717, 1.165) is 15.3 Å². The molecule has 0 aliphatic heterocycles. The topological polar surface area (TPSA) is 67.8 Å². The number of thiophene rings is 1. The van der Waals surface area contributed by atoms with Gasteiger partial charge in [-0.05, 0) is 32.6 Å². The minimum atomic E-state index is -0.211. The number of carbonyl (C=O) groups is 1. The van der Waals surface area contributed by atoms with Crippen LogP contribution in [0.4, 0.5) is 5.13 Å². The zero-order valence-electron chi connectivity index (χ0n) is 6.60. The van der Waals surface area contributed by atoms with Crippen LogP contribution in [0, 0.1) is 0 Å². The number of nitrogens with one attached hydrogen (secondary N) is 1. The van der Waals surface area contributed by atoms with E-state index < -0.39 is 0 Å². The summed E-state index contributed by atoms with van der Waals surface area (Å²) in [6.07, 6.45) is 0. The largest absolute Gasteiger partial charge is 0.295 e.